The second kappa shape index (κ2) is 5.18. The van der Waals surface area contributed by atoms with Gasteiger partial charge in [0.05, 0.1) is 13.2 Å². The fourth-order valence-electron chi connectivity index (χ4n) is 1.37. The van der Waals surface area contributed by atoms with E-state index in [1.165, 1.54) is 4.90 Å². The average molecular weight is 226 g/mol. The van der Waals surface area contributed by atoms with Crippen molar-refractivity contribution in [3.63, 3.8) is 0 Å². The van der Waals surface area contributed by atoms with Gasteiger partial charge < -0.3 is 14.7 Å². The summed E-state index contributed by atoms with van der Waals surface area (Å²) in [6.07, 6.45) is 0. The lowest BCUT2D eigenvalue weighted by Crippen LogP contribution is -3.14. The minimum absolute atomic E-state index is 0.208. The van der Waals surface area contributed by atoms with Crippen LogP contribution in [0.25, 0.3) is 0 Å². The highest BCUT2D eigenvalue weighted by Crippen LogP contribution is 2.28. The van der Waals surface area contributed by atoms with E-state index in [1.807, 2.05) is 20.8 Å². The Labute approximate surface area is 98.8 Å². The number of hydrogen-bond acceptors (Lipinski definition) is 2. The molecule has 3 nitrogen and oxygen atoms in total. The van der Waals surface area contributed by atoms with Gasteiger partial charge in [-0.25, -0.2) is 0 Å². The molecule has 0 aromatic rings. The minimum Gasteiger partial charge on any atom is -0.377 e. The molecule has 1 saturated heterocycles. The SMILES string of the molecule is CC(C)(C)[C@](C)(O)C#CC[NH+]1CCOCC1. The van der Waals surface area contributed by atoms with Gasteiger partial charge >= 0.3 is 0 Å². The van der Waals surface area contributed by atoms with Crippen molar-refractivity contribution >= 4 is 0 Å². The van der Waals surface area contributed by atoms with E-state index >= 15 is 0 Å². The fraction of sp³-hybridized carbons (Fsp3) is 0.846. The van der Waals surface area contributed by atoms with Crippen molar-refractivity contribution in [2.45, 2.75) is 33.3 Å². The standard InChI is InChI=1S/C13H23NO2/c1-12(2,3)13(4,15)6-5-7-14-8-10-16-11-9-14/h15H,7-11H2,1-4H3/p+1/t13-/m1/s1. The smallest absolute Gasteiger partial charge is 0.139 e. The van der Waals surface area contributed by atoms with Crippen molar-refractivity contribution in [3.8, 4) is 11.8 Å². The van der Waals surface area contributed by atoms with Gasteiger partial charge in [0.1, 0.15) is 25.2 Å². The number of rotatable bonds is 1. The van der Waals surface area contributed by atoms with Gasteiger partial charge in [-0.2, -0.15) is 0 Å². The summed E-state index contributed by atoms with van der Waals surface area (Å²) in [5, 5.41) is 10.2. The lowest BCUT2D eigenvalue weighted by molar-refractivity contribution is -0.900. The topological polar surface area (TPSA) is 33.9 Å². The van der Waals surface area contributed by atoms with E-state index in [2.05, 4.69) is 11.8 Å². The number of morpholine rings is 1. The molecule has 0 aromatic carbocycles. The van der Waals surface area contributed by atoms with E-state index in [4.69, 9.17) is 4.74 Å². The molecule has 0 aromatic heterocycles. The van der Waals surface area contributed by atoms with Gasteiger partial charge in [0.25, 0.3) is 0 Å². The molecule has 0 radical (unpaired) electrons. The summed E-state index contributed by atoms with van der Waals surface area (Å²) >= 11 is 0. The zero-order chi connectivity index (χ0) is 12.2. The Bertz CT molecular complexity index is 275. The molecule has 0 amide bonds. The second-order valence-electron chi connectivity index (χ2n) is 5.66. The van der Waals surface area contributed by atoms with Crippen molar-refractivity contribution in [1.82, 2.24) is 0 Å². The van der Waals surface area contributed by atoms with Crippen molar-refractivity contribution in [3.05, 3.63) is 0 Å². The molecule has 1 heterocycles. The molecular formula is C13H24NO2+. The highest BCUT2D eigenvalue weighted by atomic mass is 16.5. The molecule has 16 heavy (non-hydrogen) atoms. The van der Waals surface area contributed by atoms with E-state index in [-0.39, 0.29) is 5.41 Å². The van der Waals surface area contributed by atoms with Crippen LogP contribution >= 0.6 is 0 Å². The number of aliphatic hydroxyl groups is 1. The molecule has 0 saturated carbocycles. The number of ether oxygens (including phenoxy) is 1. The first kappa shape index (κ1) is 13.5. The maximum absolute atomic E-state index is 10.2. The van der Waals surface area contributed by atoms with Gasteiger partial charge in [0.15, 0.2) is 0 Å². The van der Waals surface area contributed by atoms with Crippen molar-refractivity contribution in [2.24, 2.45) is 5.41 Å². The van der Waals surface area contributed by atoms with Gasteiger partial charge in [-0.3, -0.25) is 0 Å². The first-order valence-electron chi connectivity index (χ1n) is 5.97. The van der Waals surface area contributed by atoms with Gasteiger partial charge in [0.2, 0.25) is 0 Å². The Kier molecular flexibility index (Phi) is 4.37. The Balaban J connectivity index is 2.47. The molecule has 1 atom stereocenters. The number of nitrogens with one attached hydrogen (secondary N) is 1. The van der Waals surface area contributed by atoms with Crippen molar-refractivity contribution in [2.75, 3.05) is 32.8 Å². The number of quaternary nitrogens is 1. The zero-order valence-corrected chi connectivity index (χ0v) is 10.9. The monoisotopic (exact) mass is 226 g/mol. The van der Waals surface area contributed by atoms with Crippen LogP contribution in [0, 0.1) is 17.3 Å². The molecule has 1 aliphatic rings. The van der Waals surface area contributed by atoms with Gasteiger partial charge in [-0.05, 0) is 12.8 Å². The third-order valence-electron chi connectivity index (χ3n) is 3.33. The van der Waals surface area contributed by atoms with Crippen LogP contribution < -0.4 is 4.90 Å². The molecule has 1 rings (SSSR count). The predicted molar refractivity (Wildman–Crippen MR) is 64.2 cm³/mol. The lowest BCUT2D eigenvalue weighted by atomic mass is 9.78. The molecule has 2 N–H and O–H groups in total. The van der Waals surface area contributed by atoms with E-state index in [0.717, 1.165) is 32.8 Å². The minimum atomic E-state index is -0.918. The van der Waals surface area contributed by atoms with Gasteiger partial charge in [-0.1, -0.05) is 26.7 Å². The summed E-state index contributed by atoms with van der Waals surface area (Å²) in [5.41, 5.74) is -1.13. The average Bonchev–Trinajstić information content (AvgIpc) is 2.17. The molecular weight excluding hydrogens is 202 g/mol. The normalized spacial score (nSPS) is 22.1. The van der Waals surface area contributed by atoms with Crippen LogP contribution in [0.2, 0.25) is 0 Å². The van der Waals surface area contributed by atoms with Crippen molar-refractivity contribution in [1.29, 1.82) is 0 Å². The molecule has 0 aliphatic carbocycles. The van der Waals surface area contributed by atoms with E-state index in [1.54, 1.807) is 6.92 Å². The summed E-state index contributed by atoms with van der Waals surface area (Å²) in [5.74, 6) is 6.10. The summed E-state index contributed by atoms with van der Waals surface area (Å²) in [4.78, 5) is 1.45. The first-order chi connectivity index (χ1) is 7.33. The van der Waals surface area contributed by atoms with Crippen LogP contribution in [0.5, 0.6) is 0 Å². The maximum Gasteiger partial charge on any atom is 0.139 e. The predicted octanol–water partition coefficient (Wildman–Crippen LogP) is -0.298. The van der Waals surface area contributed by atoms with E-state index in [9.17, 15) is 5.11 Å². The molecule has 0 spiro atoms. The third kappa shape index (κ3) is 3.79. The Morgan fingerprint density at radius 1 is 1.19 bits per heavy atom. The molecule has 92 valence electrons. The van der Waals surface area contributed by atoms with Gasteiger partial charge in [-0.15, -0.1) is 0 Å². The van der Waals surface area contributed by atoms with Crippen LogP contribution in [-0.4, -0.2) is 43.6 Å². The summed E-state index contributed by atoms with van der Waals surface area (Å²) in [7, 11) is 0. The van der Waals surface area contributed by atoms with Crippen LogP contribution in [0.4, 0.5) is 0 Å². The maximum atomic E-state index is 10.2. The zero-order valence-electron chi connectivity index (χ0n) is 10.9. The van der Waals surface area contributed by atoms with Crippen LogP contribution in [0.3, 0.4) is 0 Å². The van der Waals surface area contributed by atoms with Gasteiger partial charge in [0, 0.05) is 5.41 Å². The Morgan fingerprint density at radius 2 is 1.75 bits per heavy atom. The van der Waals surface area contributed by atoms with E-state index in [0.29, 0.717) is 0 Å². The molecule has 3 heteroatoms. The lowest BCUT2D eigenvalue weighted by Gasteiger charge is -2.32. The van der Waals surface area contributed by atoms with Crippen LogP contribution in [-0.2, 0) is 4.74 Å². The fourth-order valence-corrected chi connectivity index (χ4v) is 1.37. The molecule has 0 bridgehead atoms. The van der Waals surface area contributed by atoms with Crippen molar-refractivity contribution < 1.29 is 14.7 Å². The summed E-state index contributed by atoms with van der Waals surface area (Å²) in [6, 6.07) is 0. The van der Waals surface area contributed by atoms with E-state index < -0.39 is 5.60 Å². The largest absolute Gasteiger partial charge is 0.377 e. The highest BCUT2D eigenvalue weighted by Gasteiger charge is 2.33. The molecule has 1 aliphatic heterocycles. The second-order valence-corrected chi connectivity index (χ2v) is 5.66. The third-order valence-corrected chi connectivity index (χ3v) is 3.33. The van der Waals surface area contributed by atoms with Crippen LogP contribution in [0.15, 0.2) is 0 Å². The summed E-state index contributed by atoms with van der Waals surface area (Å²) in [6.45, 7) is 12.3. The highest BCUT2D eigenvalue weighted by molar-refractivity contribution is 5.16. The Morgan fingerprint density at radius 3 is 2.25 bits per heavy atom. The Hall–Kier alpha value is -0.560. The molecule has 0 unspecified atom stereocenters. The summed E-state index contributed by atoms with van der Waals surface area (Å²) < 4.78 is 5.28. The first-order valence-corrected chi connectivity index (χ1v) is 5.97. The molecule has 1 fully saturated rings. The van der Waals surface area contributed by atoms with Crippen LogP contribution in [0.1, 0.15) is 27.7 Å². The quantitative estimate of drug-likeness (QED) is 0.602. The number of hydrogen-bond donors (Lipinski definition) is 2.